The van der Waals surface area contributed by atoms with Crippen LogP contribution in [-0.2, 0) is 6.54 Å². The standard InChI is InChI=1S/C9H15N3O/c1-3-7(2)12-9(13)5-4-8(6-10)11-12/h4-5,7H,3,6,10H2,1-2H3. The summed E-state index contributed by atoms with van der Waals surface area (Å²) >= 11 is 0. The minimum absolute atomic E-state index is 0.0634. The van der Waals surface area contributed by atoms with Crippen molar-refractivity contribution in [3.8, 4) is 0 Å². The van der Waals surface area contributed by atoms with Crippen molar-refractivity contribution in [2.75, 3.05) is 0 Å². The number of aromatic nitrogens is 2. The summed E-state index contributed by atoms with van der Waals surface area (Å²) in [6.45, 7) is 4.36. The van der Waals surface area contributed by atoms with E-state index in [2.05, 4.69) is 5.10 Å². The summed E-state index contributed by atoms with van der Waals surface area (Å²) in [6.07, 6.45) is 0.890. The Balaban J connectivity index is 3.11. The third-order valence-electron chi connectivity index (χ3n) is 2.10. The molecule has 4 nitrogen and oxygen atoms in total. The van der Waals surface area contributed by atoms with Crippen molar-refractivity contribution in [2.45, 2.75) is 32.9 Å². The molecule has 1 heterocycles. The first-order chi connectivity index (χ1) is 6.19. The first kappa shape index (κ1) is 9.92. The largest absolute Gasteiger partial charge is 0.325 e. The van der Waals surface area contributed by atoms with Crippen LogP contribution in [0.3, 0.4) is 0 Å². The molecular weight excluding hydrogens is 166 g/mol. The Morgan fingerprint density at radius 1 is 1.62 bits per heavy atom. The molecule has 0 radical (unpaired) electrons. The summed E-state index contributed by atoms with van der Waals surface area (Å²) in [5, 5.41) is 4.14. The van der Waals surface area contributed by atoms with Crippen LogP contribution in [0, 0.1) is 0 Å². The summed E-state index contributed by atoms with van der Waals surface area (Å²) in [5.41, 5.74) is 6.12. The zero-order valence-electron chi connectivity index (χ0n) is 8.03. The van der Waals surface area contributed by atoms with E-state index in [1.807, 2.05) is 13.8 Å². The monoisotopic (exact) mass is 181 g/mol. The number of hydrogen-bond acceptors (Lipinski definition) is 3. The summed E-state index contributed by atoms with van der Waals surface area (Å²) in [7, 11) is 0. The normalized spacial score (nSPS) is 12.8. The van der Waals surface area contributed by atoms with Crippen molar-refractivity contribution in [3.05, 3.63) is 28.2 Å². The Morgan fingerprint density at radius 2 is 2.31 bits per heavy atom. The Morgan fingerprint density at radius 3 is 2.85 bits per heavy atom. The second-order valence-corrected chi connectivity index (χ2v) is 3.07. The quantitative estimate of drug-likeness (QED) is 0.745. The molecule has 0 aliphatic heterocycles. The molecule has 0 aliphatic rings. The molecule has 1 unspecified atom stereocenters. The Labute approximate surface area is 77.4 Å². The molecule has 1 aromatic heterocycles. The summed E-state index contributed by atoms with van der Waals surface area (Å²) in [4.78, 5) is 11.3. The fourth-order valence-electron chi connectivity index (χ4n) is 1.06. The fraction of sp³-hybridized carbons (Fsp3) is 0.556. The second kappa shape index (κ2) is 4.18. The molecule has 0 fully saturated rings. The van der Waals surface area contributed by atoms with E-state index in [0.717, 1.165) is 12.1 Å². The fourth-order valence-corrected chi connectivity index (χ4v) is 1.06. The third kappa shape index (κ3) is 2.15. The highest BCUT2D eigenvalue weighted by Crippen LogP contribution is 2.04. The van der Waals surface area contributed by atoms with E-state index in [-0.39, 0.29) is 11.6 Å². The number of hydrogen-bond donors (Lipinski definition) is 1. The lowest BCUT2D eigenvalue weighted by Crippen LogP contribution is -2.26. The molecule has 0 aromatic carbocycles. The van der Waals surface area contributed by atoms with Gasteiger partial charge in [-0.15, -0.1) is 0 Å². The van der Waals surface area contributed by atoms with Gasteiger partial charge in [0.2, 0.25) is 0 Å². The van der Waals surface area contributed by atoms with Crippen molar-refractivity contribution in [1.29, 1.82) is 0 Å². The number of nitrogens with two attached hydrogens (primary N) is 1. The van der Waals surface area contributed by atoms with E-state index >= 15 is 0 Å². The molecule has 0 spiro atoms. The second-order valence-electron chi connectivity index (χ2n) is 3.07. The first-order valence-electron chi connectivity index (χ1n) is 4.47. The van der Waals surface area contributed by atoms with E-state index in [9.17, 15) is 4.79 Å². The van der Waals surface area contributed by atoms with Crippen LogP contribution in [0.5, 0.6) is 0 Å². The Bertz CT molecular complexity index is 332. The van der Waals surface area contributed by atoms with Gasteiger partial charge in [0.1, 0.15) is 0 Å². The van der Waals surface area contributed by atoms with Gasteiger partial charge in [-0.1, -0.05) is 6.92 Å². The van der Waals surface area contributed by atoms with E-state index < -0.39 is 0 Å². The molecule has 0 bridgehead atoms. The van der Waals surface area contributed by atoms with Gasteiger partial charge in [-0.2, -0.15) is 5.10 Å². The topological polar surface area (TPSA) is 60.9 Å². The molecular formula is C9H15N3O. The molecule has 0 saturated carbocycles. The van der Waals surface area contributed by atoms with Crippen LogP contribution in [0.15, 0.2) is 16.9 Å². The predicted octanol–water partition coefficient (Wildman–Crippen LogP) is 0.673. The predicted molar refractivity (Wildman–Crippen MR) is 51.4 cm³/mol. The maximum absolute atomic E-state index is 11.3. The Hall–Kier alpha value is -1.16. The molecule has 72 valence electrons. The van der Waals surface area contributed by atoms with Crippen molar-refractivity contribution < 1.29 is 0 Å². The summed E-state index contributed by atoms with van der Waals surface area (Å²) < 4.78 is 1.49. The van der Waals surface area contributed by atoms with Crippen molar-refractivity contribution >= 4 is 0 Å². The number of rotatable bonds is 3. The molecule has 1 aromatic rings. The Kier molecular flexibility index (Phi) is 3.19. The van der Waals surface area contributed by atoms with Crippen LogP contribution < -0.4 is 11.3 Å². The first-order valence-corrected chi connectivity index (χ1v) is 4.47. The lowest BCUT2D eigenvalue weighted by Gasteiger charge is -2.11. The highest BCUT2D eigenvalue weighted by atomic mass is 16.1. The van der Waals surface area contributed by atoms with Gasteiger partial charge in [-0.3, -0.25) is 4.79 Å². The maximum Gasteiger partial charge on any atom is 0.266 e. The van der Waals surface area contributed by atoms with Crippen molar-refractivity contribution in [2.24, 2.45) is 5.73 Å². The molecule has 4 heteroatoms. The van der Waals surface area contributed by atoms with Crippen LogP contribution in [0.25, 0.3) is 0 Å². The van der Waals surface area contributed by atoms with Crippen LogP contribution in [0.2, 0.25) is 0 Å². The average molecular weight is 181 g/mol. The molecule has 1 rings (SSSR count). The van der Waals surface area contributed by atoms with Gasteiger partial charge in [0, 0.05) is 12.6 Å². The van der Waals surface area contributed by atoms with Crippen LogP contribution >= 0.6 is 0 Å². The SMILES string of the molecule is CCC(C)n1nc(CN)ccc1=O. The molecule has 0 saturated heterocycles. The summed E-state index contributed by atoms with van der Waals surface area (Å²) in [6, 6.07) is 3.32. The highest BCUT2D eigenvalue weighted by Gasteiger charge is 2.05. The minimum Gasteiger partial charge on any atom is -0.325 e. The van der Waals surface area contributed by atoms with Gasteiger partial charge in [0.05, 0.1) is 11.7 Å². The number of nitrogens with zero attached hydrogens (tertiary/aromatic N) is 2. The molecule has 13 heavy (non-hydrogen) atoms. The highest BCUT2D eigenvalue weighted by molar-refractivity contribution is 4.99. The smallest absolute Gasteiger partial charge is 0.266 e. The molecule has 0 aliphatic carbocycles. The zero-order chi connectivity index (χ0) is 9.84. The van der Waals surface area contributed by atoms with E-state index in [1.165, 1.54) is 10.7 Å². The molecule has 1 atom stereocenters. The van der Waals surface area contributed by atoms with Crippen LogP contribution in [0.4, 0.5) is 0 Å². The van der Waals surface area contributed by atoms with Gasteiger partial charge in [-0.25, -0.2) is 4.68 Å². The lowest BCUT2D eigenvalue weighted by atomic mass is 10.2. The van der Waals surface area contributed by atoms with E-state index in [4.69, 9.17) is 5.73 Å². The van der Waals surface area contributed by atoms with Gasteiger partial charge in [0.15, 0.2) is 0 Å². The van der Waals surface area contributed by atoms with Gasteiger partial charge < -0.3 is 5.73 Å². The molecule has 2 N–H and O–H groups in total. The van der Waals surface area contributed by atoms with Crippen molar-refractivity contribution in [1.82, 2.24) is 9.78 Å². The van der Waals surface area contributed by atoms with E-state index in [0.29, 0.717) is 6.54 Å². The maximum atomic E-state index is 11.3. The lowest BCUT2D eigenvalue weighted by molar-refractivity contribution is 0.447. The van der Waals surface area contributed by atoms with Crippen molar-refractivity contribution in [3.63, 3.8) is 0 Å². The van der Waals surface area contributed by atoms with Crippen LogP contribution in [0.1, 0.15) is 32.0 Å². The minimum atomic E-state index is -0.0634. The zero-order valence-corrected chi connectivity index (χ0v) is 8.03. The van der Waals surface area contributed by atoms with Gasteiger partial charge in [0.25, 0.3) is 5.56 Å². The van der Waals surface area contributed by atoms with Crippen LogP contribution in [-0.4, -0.2) is 9.78 Å². The van der Waals surface area contributed by atoms with E-state index in [1.54, 1.807) is 6.07 Å². The summed E-state index contributed by atoms with van der Waals surface area (Å²) in [5.74, 6) is 0. The van der Waals surface area contributed by atoms with Gasteiger partial charge >= 0.3 is 0 Å². The average Bonchev–Trinajstić information content (AvgIpc) is 2.17. The molecule has 0 amide bonds. The third-order valence-corrected chi connectivity index (χ3v) is 2.10. The van der Waals surface area contributed by atoms with Gasteiger partial charge in [-0.05, 0) is 19.4 Å².